The Hall–Kier alpha value is -2.80. The molecule has 0 atom stereocenters. The van der Waals surface area contributed by atoms with E-state index in [4.69, 9.17) is 0 Å². The van der Waals surface area contributed by atoms with E-state index in [0.29, 0.717) is 26.2 Å². The van der Waals surface area contributed by atoms with Crippen LogP contribution in [-0.2, 0) is 11.2 Å². The summed E-state index contributed by atoms with van der Waals surface area (Å²) in [7, 11) is 0. The molecule has 148 valence electrons. The molecule has 2 aromatic carbocycles. The van der Waals surface area contributed by atoms with Gasteiger partial charge in [-0.1, -0.05) is 31.2 Å². The van der Waals surface area contributed by atoms with Gasteiger partial charge < -0.3 is 10.2 Å². The third-order valence-corrected chi connectivity index (χ3v) is 4.88. The van der Waals surface area contributed by atoms with Crippen molar-refractivity contribution in [2.45, 2.75) is 13.3 Å². The standard InChI is InChI=1S/C21H23F2N3O2/c1-2-15-6-3-4-9-18(15)24-19(27)14-25-10-12-26(13-11-25)21(28)20-16(22)7-5-8-17(20)23/h3-9H,2,10-14H2,1H3,(H,24,27). The fraction of sp³-hybridized carbons (Fsp3) is 0.333. The van der Waals surface area contributed by atoms with Crippen molar-refractivity contribution >= 4 is 17.5 Å². The molecule has 1 fully saturated rings. The highest BCUT2D eigenvalue weighted by atomic mass is 19.1. The molecule has 0 bridgehead atoms. The van der Waals surface area contributed by atoms with E-state index in [1.807, 2.05) is 36.1 Å². The van der Waals surface area contributed by atoms with E-state index >= 15 is 0 Å². The van der Waals surface area contributed by atoms with E-state index in [1.165, 1.54) is 11.0 Å². The maximum absolute atomic E-state index is 13.8. The Balaban J connectivity index is 1.54. The maximum atomic E-state index is 13.8. The second-order valence-electron chi connectivity index (χ2n) is 6.72. The Morgan fingerprint density at radius 3 is 2.25 bits per heavy atom. The summed E-state index contributed by atoms with van der Waals surface area (Å²) in [6.45, 7) is 3.78. The van der Waals surface area contributed by atoms with Crippen molar-refractivity contribution in [3.63, 3.8) is 0 Å². The first-order valence-corrected chi connectivity index (χ1v) is 9.33. The predicted molar refractivity (Wildman–Crippen MR) is 103 cm³/mol. The van der Waals surface area contributed by atoms with Gasteiger partial charge in [0.2, 0.25) is 5.91 Å². The Bertz CT molecular complexity index is 844. The van der Waals surface area contributed by atoms with Crippen LogP contribution in [0.2, 0.25) is 0 Å². The Labute approximate surface area is 162 Å². The third-order valence-electron chi connectivity index (χ3n) is 4.88. The van der Waals surface area contributed by atoms with Crippen LogP contribution in [0.25, 0.3) is 0 Å². The average Bonchev–Trinajstić information content (AvgIpc) is 2.68. The topological polar surface area (TPSA) is 52.7 Å². The van der Waals surface area contributed by atoms with Gasteiger partial charge in [-0.05, 0) is 30.2 Å². The van der Waals surface area contributed by atoms with Crippen molar-refractivity contribution in [1.82, 2.24) is 9.80 Å². The molecular weight excluding hydrogens is 364 g/mol. The summed E-state index contributed by atoms with van der Waals surface area (Å²) in [5.41, 5.74) is 1.35. The van der Waals surface area contributed by atoms with Crippen LogP contribution in [0.4, 0.5) is 14.5 Å². The summed E-state index contributed by atoms with van der Waals surface area (Å²) in [4.78, 5) is 28.1. The highest BCUT2D eigenvalue weighted by molar-refractivity contribution is 5.95. The fourth-order valence-electron chi connectivity index (χ4n) is 3.31. The number of amides is 2. The lowest BCUT2D eigenvalue weighted by atomic mass is 10.1. The van der Waals surface area contributed by atoms with E-state index in [9.17, 15) is 18.4 Å². The lowest BCUT2D eigenvalue weighted by Gasteiger charge is -2.34. The zero-order chi connectivity index (χ0) is 20.1. The molecule has 0 saturated carbocycles. The molecule has 7 heteroatoms. The van der Waals surface area contributed by atoms with Gasteiger partial charge in [-0.2, -0.15) is 0 Å². The predicted octanol–water partition coefficient (Wildman–Crippen LogP) is 2.92. The number of nitrogens with zero attached hydrogens (tertiary/aromatic N) is 2. The molecule has 2 aromatic rings. The first-order valence-electron chi connectivity index (χ1n) is 9.33. The number of nitrogens with one attached hydrogen (secondary N) is 1. The van der Waals surface area contributed by atoms with Gasteiger partial charge in [0.25, 0.3) is 5.91 Å². The smallest absolute Gasteiger partial charge is 0.259 e. The van der Waals surface area contributed by atoms with Gasteiger partial charge in [0.15, 0.2) is 0 Å². The first kappa shape index (κ1) is 19.9. The molecule has 1 aliphatic heterocycles. The van der Waals surface area contributed by atoms with E-state index in [0.717, 1.165) is 29.8 Å². The maximum Gasteiger partial charge on any atom is 0.259 e. The minimum absolute atomic E-state index is 0.124. The molecule has 1 N–H and O–H groups in total. The van der Waals surface area contributed by atoms with Crippen molar-refractivity contribution in [2.75, 3.05) is 38.0 Å². The van der Waals surface area contributed by atoms with Crippen molar-refractivity contribution in [3.05, 3.63) is 65.2 Å². The second-order valence-corrected chi connectivity index (χ2v) is 6.72. The lowest BCUT2D eigenvalue weighted by Crippen LogP contribution is -2.50. The van der Waals surface area contributed by atoms with Crippen LogP contribution in [0.15, 0.2) is 42.5 Å². The summed E-state index contributed by atoms with van der Waals surface area (Å²) >= 11 is 0. The average molecular weight is 387 g/mol. The molecule has 5 nitrogen and oxygen atoms in total. The van der Waals surface area contributed by atoms with Crippen LogP contribution in [0, 0.1) is 11.6 Å². The number of aryl methyl sites for hydroxylation is 1. The Morgan fingerprint density at radius 2 is 1.61 bits per heavy atom. The van der Waals surface area contributed by atoms with E-state index < -0.39 is 23.1 Å². The number of hydrogen-bond acceptors (Lipinski definition) is 3. The van der Waals surface area contributed by atoms with Crippen molar-refractivity contribution in [1.29, 1.82) is 0 Å². The number of anilines is 1. The zero-order valence-electron chi connectivity index (χ0n) is 15.8. The largest absolute Gasteiger partial charge is 0.336 e. The summed E-state index contributed by atoms with van der Waals surface area (Å²) in [6, 6.07) is 11.0. The monoisotopic (exact) mass is 387 g/mol. The summed E-state index contributed by atoms with van der Waals surface area (Å²) < 4.78 is 27.6. The van der Waals surface area contributed by atoms with Crippen LogP contribution < -0.4 is 5.32 Å². The molecular formula is C21H23F2N3O2. The van der Waals surface area contributed by atoms with Gasteiger partial charge >= 0.3 is 0 Å². The number of hydrogen-bond donors (Lipinski definition) is 1. The molecule has 1 aliphatic rings. The van der Waals surface area contributed by atoms with Crippen LogP contribution >= 0.6 is 0 Å². The van der Waals surface area contributed by atoms with Gasteiger partial charge in [0.05, 0.1) is 6.54 Å². The number of carbonyl (C=O) groups excluding carboxylic acids is 2. The molecule has 0 aromatic heterocycles. The second kappa shape index (κ2) is 8.93. The minimum atomic E-state index is -0.860. The molecule has 1 heterocycles. The van der Waals surface area contributed by atoms with Crippen LogP contribution in [0.5, 0.6) is 0 Å². The van der Waals surface area contributed by atoms with Crippen LogP contribution in [0.1, 0.15) is 22.8 Å². The van der Waals surface area contributed by atoms with Gasteiger partial charge in [0.1, 0.15) is 17.2 Å². The lowest BCUT2D eigenvalue weighted by molar-refractivity contribution is -0.117. The van der Waals surface area contributed by atoms with Gasteiger partial charge in [-0.3, -0.25) is 14.5 Å². The molecule has 3 rings (SSSR count). The minimum Gasteiger partial charge on any atom is -0.336 e. The molecule has 0 aliphatic carbocycles. The highest BCUT2D eigenvalue weighted by Crippen LogP contribution is 2.17. The summed E-state index contributed by atoms with van der Waals surface area (Å²) in [5, 5.41) is 2.92. The number of piperazine rings is 1. The van der Waals surface area contributed by atoms with Crippen LogP contribution in [-0.4, -0.2) is 54.3 Å². The number of rotatable bonds is 5. The van der Waals surface area contributed by atoms with E-state index in [2.05, 4.69) is 5.32 Å². The van der Waals surface area contributed by atoms with Gasteiger partial charge in [-0.15, -0.1) is 0 Å². The number of benzene rings is 2. The zero-order valence-corrected chi connectivity index (χ0v) is 15.8. The van der Waals surface area contributed by atoms with Gasteiger partial charge in [0, 0.05) is 31.9 Å². The Kier molecular flexibility index (Phi) is 6.36. The van der Waals surface area contributed by atoms with E-state index in [-0.39, 0.29) is 12.5 Å². The summed E-state index contributed by atoms with van der Waals surface area (Å²) in [6.07, 6.45) is 0.823. The van der Waals surface area contributed by atoms with E-state index in [1.54, 1.807) is 0 Å². The van der Waals surface area contributed by atoms with Crippen molar-refractivity contribution < 1.29 is 18.4 Å². The summed E-state index contributed by atoms with van der Waals surface area (Å²) in [5.74, 6) is -2.50. The Morgan fingerprint density at radius 1 is 0.964 bits per heavy atom. The fourth-order valence-corrected chi connectivity index (χ4v) is 3.31. The van der Waals surface area contributed by atoms with Crippen LogP contribution in [0.3, 0.4) is 0 Å². The number of para-hydroxylation sites is 1. The molecule has 0 radical (unpaired) electrons. The molecule has 28 heavy (non-hydrogen) atoms. The van der Waals surface area contributed by atoms with Gasteiger partial charge in [-0.25, -0.2) is 8.78 Å². The number of carbonyl (C=O) groups is 2. The normalized spacial score (nSPS) is 14.8. The number of halogens is 2. The van der Waals surface area contributed by atoms with Crippen molar-refractivity contribution in [2.24, 2.45) is 0 Å². The SMILES string of the molecule is CCc1ccccc1NC(=O)CN1CCN(C(=O)c2c(F)cccc2F)CC1. The molecule has 1 saturated heterocycles. The quantitative estimate of drug-likeness (QED) is 0.858. The molecule has 0 spiro atoms. The molecule has 2 amide bonds. The molecule has 0 unspecified atom stereocenters. The highest BCUT2D eigenvalue weighted by Gasteiger charge is 2.27. The van der Waals surface area contributed by atoms with Crippen molar-refractivity contribution in [3.8, 4) is 0 Å². The third kappa shape index (κ3) is 4.54. The first-order chi connectivity index (χ1) is 13.5.